The standard InChI is InChI=1S/C18H28N4OS/c1-3-19-17(20-9-5-14-21-11-12(2)24-14)22-15-13-6-10-23-16(13)18(15)7-4-8-18/h11,13,15-16H,3-10H2,1-2H3,(H2,19,20,22). The van der Waals surface area contributed by atoms with Crippen LogP contribution in [0.3, 0.4) is 0 Å². The highest BCUT2D eigenvalue weighted by Gasteiger charge is 2.66. The Morgan fingerprint density at radius 2 is 2.38 bits per heavy atom. The first-order chi connectivity index (χ1) is 11.7. The van der Waals surface area contributed by atoms with E-state index in [1.807, 2.05) is 6.20 Å². The summed E-state index contributed by atoms with van der Waals surface area (Å²) in [6.45, 7) is 6.85. The van der Waals surface area contributed by atoms with Crippen molar-refractivity contribution in [1.82, 2.24) is 15.6 Å². The average molecular weight is 349 g/mol. The van der Waals surface area contributed by atoms with Gasteiger partial charge in [-0.1, -0.05) is 6.42 Å². The van der Waals surface area contributed by atoms with E-state index in [2.05, 4.69) is 29.5 Å². The van der Waals surface area contributed by atoms with Crippen LogP contribution in [0.15, 0.2) is 11.2 Å². The molecule has 1 aliphatic heterocycles. The van der Waals surface area contributed by atoms with E-state index in [0.29, 0.717) is 23.5 Å². The molecule has 1 aromatic heterocycles. The van der Waals surface area contributed by atoms with Crippen LogP contribution < -0.4 is 10.6 Å². The third kappa shape index (κ3) is 2.73. The molecule has 4 rings (SSSR count). The van der Waals surface area contributed by atoms with Crippen LogP contribution in [0.2, 0.25) is 0 Å². The number of thiazole rings is 1. The van der Waals surface area contributed by atoms with Gasteiger partial charge in [0.25, 0.3) is 0 Å². The van der Waals surface area contributed by atoms with Crippen molar-refractivity contribution in [2.75, 3.05) is 19.7 Å². The fourth-order valence-electron chi connectivity index (χ4n) is 4.70. The van der Waals surface area contributed by atoms with Crippen LogP contribution in [0.4, 0.5) is 0 Å². The highest BCUT2D eigenvalue weighted by molar-refractivity contribution is 7.11. The maximum absolute atomic E-state index is 6.02. The number of rotatable bonds is 5. The number of guanidine groups is 1. The van der Waals surface area contributed by atoms with Gasteiger partial charge in [-0.2, -0.15) is 0 Å². The van der Waals surface area contributed by atoms with Gasteiger partial charge in [-0.05, 0) is 33.1 Å². The van der Waals surface area contributed by atoms with Crippen LogP contribution in [0, 0.1) is 18.3 Å². The van der Waals surface area contributed by atoms with Crippen LogP contribution in [0.25, 0.3) is 0 Å². The van der Waals surface area contributed by atoms with Gasteiger partial charge in [0.1, 0.15) is 0 Å². The number of fused-ring (bicyclic) bond motifs is 2. The van der Waals surface area contributed by atoms with Crippen molar-refractivity contribution in [3.8, 4) is 0 Å². The first-order valence-corrected chi connectivity index (χ1v) is 10.1. The van der Waals surface area contributed by atoms with E-state index in [4.69, 9.17) is 9.73 Å². The van der Waals surface area contributed by atoms with Gasteiger partial charge in [0.2, 0.25) is 0 Å². The Hall–Kier alpha value is -1.14. The molecule has 0 radical (unpaired) electrons. The van der Waals surface area contributed by atoms with Gasteiger partial charge in [0.05, 0.1) is 11.1 Å². The summed E-state index contributed by atoms with van der Waals surface area (Å²) >= 11 is 1.77. The zero-order valence-corrected chi connectivity index (χ0v) is 15.5. The van der Waals surface area contributed by atoms with Crippen molar-refractivity contribution in [1.29, 1.82) is 0 Å². The normalized spacial score (nSPS) is 30.6. The number of hydrogen-bond donors (Lipinski definition) is 2. The first-order valence-electron chi connectivity index (χ1n) is 9.31. The number of ether oxygens (including phenoxy) is 1. The molecule has 1 saturated heterocycles. The lowest BCUT2D eigenvalue weighted by Crippen LogP contribution is -2.72. The molecule has 6 heteroatoms. The molecule has 2 saturated carbocycles. The number of nitrogens with zero attached hydrogens (tertiary/aromatic N) is 2. The molecule has 24 heavy (non-hydrogen) atoms. The van der Waals surface area contributed by atoms with E-state index >= 15 is 0 Å². The molecule has 3 unspecified atom stereocenters. The molecule has 0 aromatic carbocycles. The monoisotopic (exact) mass is 348 g/mol. The molecular formula is C18H28N4OS. The van der Waals surface area contributed by atoms with Gasteiger partial charge in [-0.25, -0.2) is 4.98 Å². The van der Waals surface area contributed by atoms with Crippen LogP contribution >= 0.6 is 11.3 Å². The summed E-state index contributed by atoms with van der Waals surface area (Å²) in [5, 5.41) is 8.35. The van der Waals surface area contributed by atoms with Gasteiger partial charge in [-0.15, -0.1) is 11.3 Å². The van der Waals surface area contributed by atoms with Crippen molar-refractivity contribution in [3.05, 3.63) is 16.1 Å². The van der Waals surface area contributed by atoms with Crippen molar-refractivity contribution >= 4 is 17.3 Å². The minimum absolute atomic E-state index is 0.393. The largest absolute Gasteiger partial charge is 0.377 e. The lowest BCUT2D eigenvalue weighted by Gasteiger charge is -2.63. The number of aliphatic imine (C=N–C) groups is 1. The van der Waals surface area contributed by atoms with E-state index in [-0.39, 0.29) is 0 Å². The number of hydrogen-bond acceptors (Lipinski definition) is 4. The Labute approximate surface area is 148 Å². The Morgan fingerprint density at radius 1 is 1.50 bits per heavy atom. The second-order valence-corrected chi connectivity index (χ2v) is 8.65. The van der Waals surface area contributed by atoms with E-state index < -0.39 is 0 Å². The van der Waals surface area contributed by atoms with E-state index in [1.54, 1.807) is 11.3 Å². The second kappa shape index (κ2) is 6.64. The number of aromatic nitrogens is 1. The average Bonchev–Trinajstić information content (AvgIpc) is 3.11. The molecule has 2 heterocycles. The van der Waals surface area contributed by atoms with Crippen molar-refractivity contribution in [2.24, 2.45) is 16.3 Å². The van der Waals surface area contributed by atoms with E-state index in [0.717, 1.165) is 32.1 Å². The molecule has 132 valence electrons. The van der Waals surface area contributed by atoms with Crippen LogP contribution in [0.1, 0.15) is 42.5 Å². The summed E-state index contributed by atoms with van der Waals surface area (Å²) in [7, 11) is 0. The highest BCUT2D eigenvalue weighted by atomic mass is 32.1. The van der Waals surface area contributed by atoms with E-state index in [9.17, 15) is 0 Å². The Morgan fingerprint density at radius 3 is 3.04 bits per heavy atom. The molecule has 3 fully saturated rings. The minimum Gasteiger partial charge on any atom is -0.377 e. The summed E-state index contributed by atoms with van der Waals surface area (Å²) in [5.74, 6) is 1.64. The molecule has 3 aliphatic rings. The number of aryl methyl sites for hydroxylation is 1. The van der Waals surface area contributed by atoms with Gasteiger partial charge < -0.3 is 15.4 Å². The molecular weight excluding hydrogens is 320 g/mol. The lowest BCUT2D eigenvalue weighted by atomic mass is 9.46. The van der Waals surface area contributed by atoms with Gasteiger partial charge in [0, 0.05) is 54.6 Å². The lowest BCUT2D eigenvalue weighted by molar-refractivity contribution is -0.171. The third-order valence-corrected chi connectivity index (χ3v) is 6.91. The topological polar surface area (TPSA) is 58.5 Å². The predicted octanol–water partition coefficient (Wildman–Crippen LogP) is 2.51. The quantitative estimate of drug-likeness (QED) is 0.634. The Kier molecular flexibility index (Phi) is 4.52. The molecule has 2 N–H and O–H groups in total. The first kappa shape index (κ1) is 16.3. The molecule has 0 amide bonds. The summed E-state index contributed by atoms with van der Waals surface area (Å²) in [5.41, 5.74) is 0.393. The maximum atomic E-state index is 6.02. The molecule has 5 nitrogen and oxygen atoms in total. The van der Waals surface area contributed by atoms with Gasteiger partial charge in [-0.3, -0.25) is 4.99 Å². The zero-order valence-electron chi connectivity index (χ0n) is 14.7. The smallest absolute Gasteiger partial charge is 0.191 e. The van der Waals surface area contributed by atoms with Gasteiger partial charge >= 0.3 is 0 Å². The highest BCUT2D eigenvalue weighted by Crippen LogP contribution is 2.62. The fraction of sp³-hybridized carbons (Fsp3) is 0.778. The van der Waals surface area contributed by atoms with Gasteiger partial charge in [0.15, 0.2) is 5.96 Å². The Balaban J connectivity index is 1.38. The fourth-order valence-corrected chi connectivity index (χ4v) is 5.48. The summed E-state index contributed by atoms with van der Waals surface area (Å²) in [6, 6.07) is 0.540. The molecule has 1 aromatic rings. The SMILES string of the molecule is CCNC(=NCCc1ncc(C)s1)NC1C2CCOC2C12CCC2. The Bertz CT molecular complexity index is 610. The van der Waals surface area contributed by atoms with Crippen molar-refractivity contribution < 1.29 is 4.74 Å². The summed E-state index contributed by atoms with van der Waals surface area (Å²) < 4.78 is 6.02. The molecule has 0 bridgehead atoms. The van der Waals surface area contributed by atoms with Crippen LogP contribution in [-0.2, 0) is 11.2 Å². The number of nitrogens with one attached hydrogen (secondary N) is 2. The maximum Gasteiger partial charge on any atom is 0.191 e. The third-order valence-electron chi connectivity index (χ3n) is 5.94. The van der Waals surface area contributed by atoms with Crippen LogP contribution in [0.5, 0.6) is 0 Å². The van der Waals surface area contributed by atoms with Crippen molar-refractivity contribution in [2.45, 2.75) is 58.1 Å². The molecule has 3 atom stereocenters. The molecule has 2 aliphatic carbocycles. The zero-order chi connectivity index (χ0) is 16.6. The summed E-state index contributed by atoms with van der Waals surface area (Å²) in [6.07, 6.45) is 8.53. The minimum atomic E-state index is 0.393. The summed E-state index contributed by atoms with van der Waals surface area (Å²) in [4.78, 5) is 10.5. The van der Waals surface area contributed by atoms with Crippen LogP contribution in [-0.4, -0.2) is 42.8 Å². The molecule has 1 spiro atoms. The predicted molar refractivity (Wildman–Crippen MR) is 97.6 cm³/mol. The van der Waals surface area contributed by atoms with Crippen molar-refractivity contribution in [3.63, 3.8) is 0 Å². The second-order valence-electron chi connectivity index (χ2n) is 7.33. The van der Waals surface area contributed by atoms with E-state index in [1.165, 1.54) is 35.6 Å².